The predicted molar refractivity (Wildman–Crippen MR) is 114 cm³/mol. The fourth-order valence-electron chi connectivity index (χ4n) is 3.57. The minimum atomic E-state index is -0.649. The molecular formula is C19H21N11O. The van der Waals surface area contributed by atoms with Crippen molar-refractivity contribution < 1.29 is 4.79 Å². The van der Waals surface area contributed by atoms with E-state index in [2.05, 4.69) is 40.8 Å². The Bertz CT molecular complexity index is 1110. The quantitative estimate of drug-likeness (QED) is 0.300. The minimum Gasteiger partial charge on any atom is -0.365 e. The van der Waals surface area contributed by atoms with Gasteiger partial charge in [-0.1, -0.05) is 24.0 Å². The molecule has 3 aromatic rings. The van der Waals surface area contributed by atoms with Gasteiger partial charge in [0.15, 0.2) is 0 Å². The molecule has 1 fully saturated rings. The maximum absolute atomic E-state index is 11.9. The Morgan fingerprint density at radius 2 is 2.06 bits per heavy atom. The van der Waals surface area contributed by atoms with E-state index < -0.39 is 5.91 Å². The second-order valence-corrected chi connectivity index (χ2v) is 7.12. The van der Waals surface area contributed by atoms with Gasteiger partial charge in [-0.2, -0.15) is 20.0 Å². The van der Waals surface area contributed by atoms with Gasteiger partial charge in [0, 0.05) is 22.8 Å². The van der Waals surface area contributed by atoms with Crippen molar-refractivity contribution in [2.45, 2.75) is 37.8 Å². The Balaban J connectivity index is 1.60. The molecule has 1 aliphatic rings. The number of nitrogens with two attached hydrogens (primary N) is 1. The van der Waals surface area contributed by atoms with Gasteiger partial charge in [-0.3, -0.25) is 4.79 Å². The van der Waals surface area contributed by atoms with Crippen molar-refractivity contribution in [1.82, 2.24) is 25.0 Å². The molecule has 158 valence electrons. The lowest BCUT2D eigenvalue weighted by Crippen LogP contribution is -2.35. The number of nitrogens with zero attached hydrogens (tertiary/aromatic N) is 8. The van der Waals surface area contributed by atoms with Crippen LogP contribution in [0.4, 0.5) is 17.5 Å². The molecule has 2 aromatic heterocycles. The van der Waals surface area contributed by atoms with Crippen LogP contribution in [0.25, 0.3) is 16.1 Å². The molecule has 4 rings (SSSR count). The van der Waals surface area contributed by atoms with Crippen LogP contribution in [0.15, 0.2) is 48.0 Å². The van der Waals surface area contributed by atoms with Crippen LogP contribution in [0.2, 0.25) is 0 Å². The molecule has 2 atom stereocenters. The summed E-state index contributed by atoms with van der Waals surface area (Å²) in [6.45, 7) is 0. The normalized spacial score (nSPS) is 18.1. The van der Waals surface area contributed by atoms with E-state index in [1.54, 1.807) is 12.4 Å². The number of carbonyl (C=O) groups excluding carboxylic acids is 1. The lowest BCUT2D eigenvalue weighted by molar-refractivity contribution is 0.100. The molecule has 0 spiro atoms. The zero-order valence-corrected chi connectivity index (χ0v) is 16.6. The first-order chi connectivity index (χ1) is 15.1. The average molecular weight is 419 g/mol. The highest BCUT2D eigenvalue weighted by Crippen LogP contribution is 2.26. The van der Waals surface area contributed by atoms with E-state index in [-0.39, 0.29) is 23.5 Å². The summed E-state index contributed by atoms with van der Waals surface area (Å²) in [4.78, 5) is 25.0. The number of aromatic nitrogens is 5. The molecule has 1 aliphatic carbocycles. The third kappa shape index (κ3) is 4.70. The van der Waals surface area contributed by atoms with Crippen molar-refractivity contribution in [2.24, 2.45) is 10.8 Å². The van der Waals surface area contributed by atoms with Gasteiger partial charge in [0.05, 0.1) is 24.1 Å². The SMILES string of the molecule is [N-]=[N+]=N[C@H]1CCCC[C@H]1Nc1ncc(C(N)=O)c(Nc2cccc(-n3nccn3)c2)n1. The zero-order chi connectivity index (χ0) is 21.6. The number of azide groups is 1. The maximum Gasteiger partial charge on any atom is 0.254 e. The lowest BCUT2D eigenvalue weighted by atomic mass is 9.91. The number of nitrogens with one attached hydrogen (secondary N) is 2. The maximum atomic E-state index is 11.9. The van der Waals surface area contributed by atoms with E-state index in [0.717, 1.165) is 31.4 Å². The van der Waals surface area contributed by atoms with Crippen LogP contribution >= 0.6 is 0 Å². The first kappa shape index (κ1) is 20.1. The molecule has 31 heavy (non-hydrogen) atoms. The van der Waals surface area contributed by atoms with Crippen LogP contribution in [0, 0.1) is 0 Å². The summed E-state index contributed by atoms with van der Waals surface area (Å²) in [5.41, 5.74) is 15.9. The summed E-state index contributed by atoms with van der Waals surface area (Å²) >= 11 is 0. The Hall–Kier alpha value is -4.18. The Morgan fingerprint density at radius 3 is 2.84 bits per heavy atom. The molecule has 0 unspecified atom stereocenters. The number of anilines is 3. The molecule has 4 N–H and O–H groups in total. The monoisotopic (exact) mass is 419 g/mol. The first-order valence-corrected chi connectivity index (χ1v) is 9.85. The van der Waals surface area contributed by atoms with E-state index in [1.807, 2.05) is 24.3 Å². The molecule has 0 aliphatic heterocycles. The number of amides is 1. The van der Waals surface area contributed by atoms with Crippen LogP contribution in [-0.2, 0) is 0 Å². The van der Waals surface area contributed by atoms with Crippen molar-refractivity contribution in [3.05, 3.63) is 58.9 Å². The van der Waals surface area contributed by atoms with Gasteiger partial charge < -0.3 is 16.4 Å². The average Bonchev–Trinajstić information content (AvgIpc) is 3.31. The standard InChI is InChI=1S/C19H21N11O/c20-17(31)14-11-22-19(26-15-6-1-2-7-16(15)28-29-21)27-18(14)25-12-4-3-5-13(10-12)30-23-8-9-24-30/h3-5,8-11,15-16H,1-2,6-7H2,(H2,20,31)(H2,22,25,26,27)/t15-,16+/m1/s1. The summed E-state index contributed by atoms with van der Waals surface area (Å²) in [5.74, 6) is -0.0577. The summed E-state index contributed by atoms with van der Waals surface area (Å²) in [6.07, 6.45) is 8.23. The minimum absolute atomic E-state index is 0.0776. The second kappa shape index (κ2) is 9.09. The van der Waals surface area contributed by atoms with Gasteiger partial charge in [-0.05, 0) is 36.6 Å². The van der Waals surface area contributed by atoms with Gasteiger partial charge in [0.25, 0.3) is 5.91 Å². The molecular weight excluding hydrogens is 398 g/mol. The van der Waals surface area contributed by atoms with Crippen molar-refractivity contribution in [3.8, 4) is 5.69 Å². The Morgan fingerprint density at radius 1 is 1.26 bits per heavy atom. The Kier molecular flexibility index (Phi) is 5.90. The molecule has 0 radical (unpaired) electrons. The van der Waals surface area contributed by atoms with Crippen LogP contribution < -0.4 is 16.4 Å². The smallest absolute Gasteiger partial charge is 0.254 e. The summed E-state index contributed by atoms with van der Waals surface area (Å²) in [6, 6.07) is 7.08. The van der Waals surface area contributed by atoms with Crippen LogP contribution in [0.5, 0.6) is 0 Å². The molecule has 12 heteroatoms. The predicted octanol–water partition coefficient (Wildman–Crippen LogP) is 2.93. The van der Waals surface area contributed by atoms with Gasteiger partial charge in [-0.25, -0.2) is 4.98 Å². The largest absolute Gasteiger partial charge is 0.365 e. The van der Waals surface area contributed by atoms with Gasteiger partial charge in [0.2, 0.25) is 5.95 Å². The van der Waals surface area contributed by atoms with Crippen LogP contribution in [-0.4, -0.2) is 43.0 Å². The third-order valence-corrected chi connectivity index (χ3v) is 5.06. The van der Waals surface area contributed by atoms with E-state index in [1.165, 1.54) is 11.0 Å². The van der Waals surface area contributed by atoms with Crippen molar-refractivity contribution >= 4 is 23.4 Å². The van der Waals surface area contributed by atoms with E-state index in [4.69, 9.17) is 11.3 Å². The van der Waals surface area contributed by atoms with E-state index in [9.17, 15) is 4.79 Å². The number of rotatable bonds is 7. The topological polar surface area (TPSA) is 172 Å². The summed E-state index contributed by atoms with van der Waals surface area (Å²) < 4.78 is 0. The number of carbonyl (C=O) groups is 1. The molecule has 2 heterocycles. The number of benzene rings is 1. The lowest BCUT2D eigenvalue weighted by Gasteiger charge is -2.29. The highest BCUT2D eigenvalue weighted by Gasteiger charge is 2.25. The summed E-state index contributed by atoms with van der Waals surface area (Å²) in [5, 5.41) is 18.5. The summed E-state index contributed by atoms with van der Waals surface area (Å²) in [7, 11) is 0. The van der Waals surface area contributed by atoms with Crippen molar-refractivity contribution in [1.29, 1.82) is 0 Å². The number of hydrogen-bond donors (Lipinski definition) is 3. The van der Waals surface area contributed by atoms with Gasteiger partial charge >= 0.3 is 0 Å². The Labute approximate surface area is 177 Å². The molecule has 0 bridgehead atoms. The molecule has 12 nitrogen and oxygen atoms in total. The first-order valence-electron chi connectivity index (χ1n) is 9.85. The third-order valence-electron chi connectivity index (χ3n) is 5.06. The number of primary amides is 1. The molecule has 1 saturated carbocycles. The zero-order valence-electron chi connectivity index (χ0n) is 16.6. The molecule has 0 saturated heterocycles. The van der Waals surface area contributed by atoms with Gasteiger partial charge in [-0.15, -0.1) is 0 Å². The number of hydrogen-bond acceptors (Lipinski definition) is 8. The van der Waals surface area contributed by atoms with Crippen LogP contribution in [0.3, 0.4) is 0 Å². The highest BCUT2D eigenvalue weighted by molar-refractivity contribution is 5.98. The van der Waals surface area contributed by atoms with Crippen molar-refractivity contribution in [3.63, 3.8) is 0 Å². The molecule has 1 amide bonds. The highest BCUT2D eigenvalue weighted by atomic mass is 16.1. The second-order valence-electron chi connectivity index (χ2n) is 7.12. The van der Waals surface area contributed by atoms with E-state index in [0.29, 0.717) is 11.6 Å². The van der Waals surface area contributed by atoms with Crippen LogP contribution in [0.1, 0.15) is 36.0 Å². The van der Waals surface area contributed by atoms with Crippen molar-refractivity contribution in [2.75, 3.05) is 10.6 Å². The van der Waals surface area contributed by atoms with Gasteiger partial charge in [0.1, 0.15) is 11.4 Å². The fourth-order valence-corrected chi connectivity index (χ4v) is 3.57. The fraction of sp³-hybridized carbons (Fsp3) is 0.316. The van der Waals surface area contributed by atoms with E-state index >= 15 is 0 Å². The molecule has 1 aromatic carbocycles.